The normalized spacial score (nSPS) is 10.9. The van der Waals surface area contributed by atoms with E-state index in [4.69, 9.17) is 20.8 Å². The topological polar surface area (TPSA) is 162 Å². The van der Waals surface area contributed by atoms with Crippen LogP contribution in [-0.2, 0) is 4.79 Å². The van der Waals surface area contributed by atoms with Crippen molar-refractivity contribution in [2.24, 2.45) is 0 Å². The molecule has 12 heteroatoms. The van der Waals surface area contributed by atoms with E-state index in [1.54, 1.807) is 6.07 Å². The van der Waals surface area contributed by atoms with Crippen molar-refractivity contribution >= 4 is 40.6 Å². The maximum absolute atomic E-state index is 12.5. The highest BCUT2D eigenvalue weighted by molar-refractivity contribution is 6.33. The lowest BCUT2D eigenvalue weighted by atomic mass is 10.1. The van der Waals surface area contributed by atoms with Gasteiger partial charge in [0.25, 0.3) is 17.3 Å². The van der Waals surface area contributed by atoms with Gasteiger partial charge in [-0.15, -0.1) is 0 Å². The van der Waals surface area contributed by atoms with E-state index in [-0.39, 0.29) is 39.2 Å². The Bertz CT molecular complexity index is 1340. The number of amides is 1. The highest BCUT2D eigenvalue weighted by atomic mass is 35.5. The standard InChI is InChI=1S/C21H13ClN4O7/c1-32-14-3-6-18(19(10-14)26(30)31)24-21(27)12(11-23)8-15-4-7-20(33-15)16-9-13(25(28)29)2-5-17(16)22/h2-10H,1H3,(H,24,27)/b12-8+. The number of carbonyl (C=O) groups excluding carboxylic acids is 1. The van der Waals surface area contributed by atoms with Gasteiger partial charge < -0.3 is 14.5 Å². The fourth-order valence-electron chi connectivity index (χ4n) is 2.77. The van der Waals surface area contributed by atoms with Crippen LogP contribution in [0.3, 0.4) is 0 Å². The summed E-state index contributed by atoms with van der Waals surface area (Å²) in [5.41, 5.74) is -0.884. The first-order valence-electron chi connectivity index (χ1n) is 9.03. The van der Waals surface area contributed by atoms with Crippen molar-refractivity contribution in [3.63, 3.8) is 0 Å². The van der Waals surface area contributed by atoms with E-state index in [1.165, 1.54) is 49.6 Å². The number of nitro benzene ring substituents is 2. The molecule has 2 aromatic carbocycles. The van der Waals surface area contributed by atoms with Crippen LogP contribution in [-0.4, -0.2) is 22.9 Å². The number of nitrogens with zero attached hydrogens (tertiary/aromatic N) is 3. The lowest BCUT2D eigenvalue weighted by molar-refractivity contribution is -0.384. The number of hydrogen-bond donors (Lipinski definition) is 1. The van der Waals surface area contributed by atoms with Crippen LogP contribution in [0.15, 0.2) is 58.5 Å². The minimum Gasteiger partial charge on any atom is -0.496 e. The molecule has 0 fully saturated rings. The third-order valence-corrected chi connectivity index (χ3v) is 4.68. The zero-order valence-corrected chi connectivity index (χ0v) is 17.5. The predicted octanol–water partition coefficient (Wildman–Crippen LogP) is 4.97. The second kappa shape index (κ2) is 9.63. The molecule has 0 aliphatic carbocycles. The first-order chi connectivity index (χ1) is 15.7. The second-order valence-corrected chi connectivity index (χ2v) is 6.79. The summed E-state index contributed by atoms with van der Waals surface area (Å²) in [6.07, 6.45) is 1.12. The van der Waals surface area contributed by atoms with Crippen LogP contribution < -0.4 is 10.1 Å². The van der Waals surface area contributed by atoms with Crippen molar-refractivity contribution in [1.82, 2.24) is 0 Å². The van der Waals surface area contributed by atoms with Gasteiger partial charge in [-0.05, 0) is 30.3 Å². The first kappa shape index (κ1) is 23.0. The number of non-ortho nitro benzene ring substituents is 1. The Balaban J connectivity index is 1.89. The number of benzene rings is 2. The van der Waals surface area contributed by atoms with Crippen molar-refractivity contribution in [3.8, 4) is 23.1 Å². The molecular weight excluding hydrogens is 456 g/mol. The Morgan fingerprint density at radius 3 is 2.55 bits per heavy atom. The van der Waals surface area contributed by atoms with Crippen molar-refractivity contribution in [1.29, 1.82) is 5.26 Å². The number of rotatable bonds is 7. The van der Waals surface area contributed by atoms with Gasteiger partial charge in [-0.25, -0.2) is 0 Å². The van der Waals surface area contributed by atoms with Crippen molar-refractivity contribution < 1.29 is 23.8 Å². The number of nitrogens with one attached hydrogen (secondary N) is 1. The third-order valence-electron chi connectivity index (χ3n) is 4.35. The van der Waals surface area contributed by atoms with E-state index in [0.29, 0.717) is 0 Å². The predicted molar refractivity (Wildman–Crippen MR) is 118 cm³/mol. The molecule has 0 saturated carbocycles. The maximum atomic E-state index is 12.5. The maximum Gasteiger partial charge on any atom is 0.296 e. The van der Waals surface area contributed by atoms with Crippen LogP contribution in [0, 0.1) is 31.6 Å². The van der Waals surface area contributed by atoms with Gasteiger partial charge in [0, 0.05) is 23.8 Å². The molecule has 3 aromatic rings. The Morgan fingerprint density at radius 1 is 1.15 bits per heavy atom. The summed E-state index contributed by atoms with van der Waals surface area (Å²) in [7, 11) is 1.34. The summed E-state index contributed by atoms with van der Waals surface area (Å²) < 4.78 is 10.5. The molecule has 3 rings (SSSR count). The zero-order chi connectivity index (χ0) is 24.1. The van der Waals surface area contributed by atoms with E-state index < -0.39 is 27.0 Å². The molecule has 1 amide bonds. The number of furan rings is 1. The fraction of sp³-hybridized carbons (Fsp3) is 0.0476. The van der Waals surface area contributed by atoms with Gasteiger partial charge in [0.05, 0.1) is 28.0 Å². The van der Waals surface area contributed by atoms with E-state index in [0.717, 1.165) is 12.1 Å². The SMILES string of the molecule is COc1ccc(NC(=O)/C(C#N)=C/c2ccc(-c3cc([N+](=O)[O-])ccc3Cl)o2)c([N+](=O)[O-])c1. The Morgan fingerprint density at radius 2 is 1.91 bits per heavy atom. The number of carbonyl (C=O) groups is 1. The molecule has 33 heavy (non-hydrogen) atoms. The molecule has 0 spiro atoms. The molecule has 0 atom stereocenters. The molecule has 0 aliphatic rings. The lowest BCUT2D eigenvalue weighted by Gasteiger charge is -2.07. The lowest BCUT2D eigenvalue weighted by Crippen LogP contribution is -2.14. The third kappa shape index (κ3) is 5.15. The summed E-state index contributed by atoms with van der Waals surface area (Å²) in [6, 6.07) is 12.3. The summed E-state index contributed by atoms with van der Waals surface area (Å²) >= 11 is 6.10. The van der Waals surface area contributed by atoms with E-state index in [2.05, 4.69) is 5.32 Å². The van der Waals surface area contributed by atoms with E-state index in [9.17, 15) is 30.3 Å². The van der Waals surface area contributed by atoms with Gasteiger partial charge in [0.15, 0.2) is 0 Å². The fourth-order valence-corrected chi connectivity index (χ4v) is 2.98. The van der Waals surface area contributed by atoms with E-state index >= 15 is 0 Å². The van der Waals surface area contributed by atoms with Gasteiger partial charge in [-0.2, -0.15) is 5.26 Å². The minimum atomic E-state index is -0.905. The molecule has 1 N–H and O–H groups in total. The summed E-state index contributed by atoms with van der Waals surface area (Å²) in [5.74, 6) is -0.419. The van der Waals surface area contributed by atoms with Crippen LogP contribution in [0.2, 0.25) is 5.02 Å². The smallest absolute Gasteiger partial charge is 0.296 e. The Kier molecular flexibility index (Phi) is 6.71. The quantitative estimate of drug-likeness (QED) is 0.220. The van der Waals surface area contributed by atoms with Gasteiger partial charge in [0.1, 0.15) is 34.6 Å². The summed E-state index contributed by atoms with van der Waals surface area (Å²) in [5, 5.41) is 34.2. The molecule has 11 nitrogen and oxygen atoms in total. The van der Waals surface area contributed by atoms with Crippen LogP contribution in [0.4, 0.5) is 17.1 Å². The van der Waals surface area contributed by atoms with Crippen molar-refractivity contribution in [2.75, 3.05) is 12.4 Å². The van der Waals surface area contributed by atoms with Crippen LogP contribution in [0.25, 0.3) is 17.4 Å². The Hall–Kier alpha value is -4.69. The van der Waals surface area contributed by atoms with Crippen LogP contribution in [0.5, 0.6) is 5.75 Å². The number of ether oxygens (including phenoxy) is 1. The molecule has 1 heterocycles. The summed E-state index contributed by atoms with van der Waals surface area (Å²) in [6.45, 7) is 0. The monoisotopic (exact) mass is 468 g/mol. The number of nitro groups is 2. The van der Waals surface area contributed by atoms with Gasteiger partial charge in [0.2, 0.25) is 0 Å². The molecule has 1 aromatic heterocycles. The number of halogens is 1. The number of methoxy groups -OCH3 is 1. The average molecular weight is 469 g/mol. The highest BCUT2D eigenvalue weighted by Gasteiger charge is 2.20. The van der Waals surface area contributed by atoms with Gasteiger partial charge in [-0.1, -0.05) is 11.6 Å². The molecule has 0 saturated heterocycles. The largest absolute Gasteiger partial charge is 0.496 e. The molecule has 0 radical (unpaired) electrons. The molecule has 0 unspecified atom stereocenters. The number of anilines is 1. The molecular formula is C21H13ClN4O7. The average Bonchev–Trinajstić information content (AvgIpc) is 3.25. The van der Waals surface area contributed by atoms with Gasteiger partial charge in [-0.3, -0.25) is 25.0 Å². The molecule has 0 bridgehead atoms. The Labute approximate surface area is 190 Å². The van der Waals surface area contributed by atoms with Crippen molar-refractivity contribution in [2.45, 2.75) is 0 Å². The van der Waals surface area contributed by atoms with Crippen molar-refractivity contribution in [3.05, 3.63) is 85.1 Å². The molecule has 166 valence electrons. The number of hydrogen-bond acceptors (Lipinski definition) is 8. The van der Waals surface area contributed by atoms with E-state index in [1.807, 2.05) is 0 Å². The zero-order valence-electron chi connectivity index (χ0n) is 16.8. The van der Waals surface area contributed by atoms with Crippen LogP contribution >= 0.6 is 11.6 Å². The van der Waals surface area contributed by atoms with Gasteiger partial charge >= 0.3 is 0 Å². The minimum absolute atomic E-state index is 0.0866. The van der Waals surface area contributed by atoms with Crippen LogP contribution in [0.1, 0.15) is 5.76 Å². The highest BCUT2D eigenvalue weighted by Crippen LogP contribution is 2.33. The molecule has 0 aliphatic heterocycles. The summed E-state index contributed by atoms with van der Waals surface area (Å²) in [4.78, 5) is 33.5. The number of nitriles is 1. The second-order valence-electron chi connectivity index (χ2n) is 6.39. The first-order valence-corrected chi connectivity index (χ1v) is 9.41.